The Bertz CT molecular complexity index is 665. The van der Waals surface area contributed by atoms with Crippen molar-refractivity contribution >= 4 is 28.8 Å². The van der Waals surface area contributed by atoms with Gasteiger partial charge in [-0.25, -0.2) is 9.37 Å². The van der Waals surface area contributed by atoms with Crippen LogP contribution in [0.1, 0.15) is 45.7 Å². The van der Waals surface area contributed by atoms with Gasteiger partial charge in [0.2, 0.25) is 0 Å². The van der Waals surface area contributed by atoms with Crippen LogP contribution in [0.4, 0.5) is 4.39 Å². The summed E-state index contributed by atoms with van der Waals surface area (Å²) in [6.07, 6.45) is 0.353. The van der Waals surface area contributed by atoms with Gasteiger partial charge in [0.1, 0.15) is 10.7 Å². The first kappa shape index (κ1) is 16.9. The van der Waals surface area contributed by atoms with E-state index in [4.69, 9.17) is 11.6 Å². The number of thiazole rings is 1. The minimum Gasteiger partial charge on any atom is -0.351 e. The lowest BCUT2D eigenvalue weighted by Gasteiger charge is -2.07. The maximum Gasteiger partial charge on any atom is 0.263 e. The van der Waals surface area contributed by atoms with E-state index in [1.54, 1.807) is 12.1 Å². The molecule has 0 saturated carbocycles. The maximum atomic E-state index is 13.6. The van der Waals surface area contributed by atoms with Crippen molar-refractivity contribution < 1.29 is 9.18 Å². The second-order valence-corrected chi connectivity index (χ2v) is 6.77. The van der Waals surface area contributed by atoms with Crippen molar-refractivity contribution in [3.8, 4) is 0 Å². The van der Waals surface area contributed by atoms with Crippen LogP contribution in [-0.4, -0.2) is 17.4 Å². The van der Waals surface area contributed by atoms with Crippen LogP contribution in [-0.2, 0) is 6.42 Å². The Morgan fingerprint density at radius 1 is 1.45 bits per heavy atom. The van der Waals surface area contributed by atoms with Gasteiger partial charge < -0.3 is 5.32 Å². The van der Waals surface area contributed by atoms with Crippen LogP contribution in [0, 0.1) is 12.7 Å². The molecule has 1 aromatic carbocycles. The van der Waals surface area contributed by atoms with Crippen LogP contribution < -0.4 is 5.32 Å². The summed E-state index contributed by atoms with van der Waals surface area (Å²) in [5, 5.41) is 4.13. The van der Waals surface area contributed by atoms with Gasteiger partial charge in [0, 0.05) is 23.0 Å². The molecule has 0 saturated heterocycles. The van der Waals surface area contributed by atoms with E-state index in [1.807, 2.05) is 20.8 Å². The molecule has 0 aliphatic rings. The normalized spacial score (nSPS) is 11.0. The van der Waals surface area contributed by atoms with Gasteiger partial charge in [-0.15, -0.1) is 11.3 Å². The first-order valence-corrected chi connectivity index (χ1v) is 8.28. The van der Waals surface area contributed by atoms with Crippen LogP contribution in [0.5, 0.6) is 0 Å². The zero-order valence-electron chi connectivity index (χ0n) is 12.7. The van der Waals surface area contributed by atoms with Gasteiger partial charge in [0.15, 0.2) is 0 Å². The van der Waals surface area contributed by atoms with E-state index >= 15 is 0 Å². The number of hydrogen-bond acceptors (Lipinski definition) is 3. The van der Waals surface area contributed by atoms with Crippen molar-refractivity contribution in [3.63, 3.8) is 0 Å². The summed E-state index contributed by atoms with van der Waals surface area (Å²) in [5.41, 5.74) is 1.16. The number of aryl methyl sites for hydroxylation is 1. The largest absolute Gasteiger partial charge is 0.351 e. The van der Waals surface area contributed by atoms with Gasteiger partial charge in [0.05, 0.1) is 10.7 Å². The highest BCUT2D eigenvalue weighted by Gasteiger charge is 2.16. The molecule has 1 aromatic heterocycles. The summed E-state index contributed by atoms with van der Waals surface area (Å²) in [6, 6.07) is 4.57. The molecule has 22 heavy (non-hydrogen) atoms. The van der Waals surface area contributed by atoms with Gasteiger partial charge in [-0.05, 0) is 25.5 Å². The average molecular weight is 341 g/mol. The molecule has 2 rings (SSSR count). The van der Waals surface area contributed by atoms with Gasteiger partial charge >= 0.3 is 0 Å². The van der Waals surface area contributed by atoms with Gasteiger partial charge in [-0.2, -0.15) is 0 Å². The Hall–Kier alpha value is -1.46. The third-order valence-electron chi connectivity index (χ3n) is 3.24. The Kier molecular flexibility index (Phi) is 5.53. The lowest BCUT2D eigenvalue weighted by Crippen LogP contribution is -2.25. The predicted octanol–water partition coefficient (Wildman–Crippen LogP) is 4.34. The molecule has 3 nitrogen and oxygen atoms in total. The number of nitrogens with zero attached hydrogens (tertiary/aromatic N) is 1. The zero-order valence-corrected chi connectivity index (χ0v) is 14.3. The highest BCUT2D eigenvalue weighted by atomic mass is 35.5. The summed E-state index contributed by atoms with van der Waals surface area (Å²) in [7, 11) is 0. The highest BCUT2D eigenvalue weighted by Crippen LogP contribution is 2.24. The average Bonchev–Trinajstić information content (AvgIpc) is 2.84. The summed E-state index contributed by atoms with van der Waals surface area (Å²) in [5.74, 6) is -0.227. The molecule has 1 N–H and O–H groups in total. The van der Waals surface area contributed by atoms with Crippen molar-refractivity contribution in [1.29, 1.82) is 0 Å². The number of benzene rings is 1. The second-order valence-electron chi connectivity index (χ2n) is 5.33. The number of halogens is 2. The lowest BCUT2D eigenvalue weighted by atomic mass is 10.1. The topological polar surface area (TPSA) is 42.0 Å². The number of nitrogens with one attached hydrogen (secondary N) is 1. The SMILES string of the molecule is Cc1nc(C(C)C)sc1C(=O)NCCc1c(F)cccc1Cl. The fourth-order valence-electron chi connectivity index (χ4n) is 2.03. The first-order chi connectivity index (χ1) is 10.4. The molecule has 2 aromatic rings. The molecule has 0 atom stereocenters. The molecule has 0 aliphatic carbocycles. The van der Waals surface area contributed by atoms with E-state index in [0.717, 1.165) is 10.7 Å². The molecule has 0 radical (unpaired) electrons. The second kappa shape index (κ2) is 7.20. The molecule has 0 bridgehead atoms. The maximum absolute atomic E-state index is 13.6. The van der Waals surface area contributed by atoms with Crippen LogP contribution in [0.2, 0.25) is 5.02 Å². The Balaban J connectivity index is 1.99. The molecule has 1 heterocycles. The van der Waals surface area contributed by atoms with Crippen LogP contribution in [0.15, 0.2) is 18.2 Å². The van der Waals surface area contributed by atoms with E-state index in [0.29, 0.717) is 34.3 Å². The molecule has 6 heteroatoms. The Morgan fingerprint density at radius 3 is 2.77 bits per heavy atom. The van der Waals surface area contributed by atoms with E-state index in [2.05, 4.69) is 10.3 Å². The molecule has 0 aliphatic heterocycles. The summed E-state index contributed by atoms with van der Waals surface area (Å²) >= 11 is 7.37. The summed E-state index contributed by atoms with van der Waals surface area (Å²) in [4.78, 5) is 17.2. The number of rotatable bonds is 5. The monoisotopic (exact) mass is 340 g/mol. The number of hydrogen-bond donors (Lipinski definition) is 1. The van der Waals surface area contributed by atoms with E-state index < -0.39 is 0 Å². The Morgan fingerprint density at radius 2 is 2.18 bits per heavy atom. The quantitative estimate of drug-likeness (QED) is 0.879. The van der Waals surface area contributed by atoms with Crippen LogP contribution in [0.3, 0.4) is 0 Å². The minimum absolute atomic E-state index is 0.172. The van der Waals surface area contributed by atoms with Crippen molar-refractivity contribution in [2.24, 2.45) is 0 Å². The van der Waals surface area contributed by atoms with Gasteiger partial charge in [-0.1, -0.05) is 31.5 Å². The van der Waals surface area contributed by atoms with Gasteiger partial charge in [-0.3, -0.25) is 4.79 Å². The summed E-state index contributed by atoms with van der Waals surface area (Å²) in [6.45, 7) is 6.24. The third-order valence-corrected chi connectivity index (χ3v) is 5.05. The van der Waals surface area contributed by atoms with Crippen LogP contribution >= 0.6 is 22.9 Å². The highest BCUT2D eigenvalue weighted by molar-refractivity contribution is 7.13. The lowest BCUT2D eigenvalue weighted by molar-refractivity contribution is 0.0957. The number of aromatic nitrogens is 1. The molecular formula is C16H18ClFN2OS. The minimum atomic E-state index is -0.349. The molecule has 0 spiro atoms. The van der Waals surface area contributed by atoms with Gasteiger partial charge in [0.25, 0.3) is 5.91 Å². The first-order valence-electron chi connectivity index (χ1n) is 7.08. The summed E-state index contributed by atoms with van der Waals surface area (Å²) < 4.78 is 13.6. The van der Waals surface area contributed by atoms with E-state index in [-0.39, 0.29) is 11.7 Å². The smallest absolute Gasteiger partial charge is 0.263 e. The third kappa shape index (κ3) is 3.84. The number of carbonyl (C=O) groups is 1. The molecule has 1 amide bonds. The van der Waals surface area contributed by atoms with E-state index in [1.165, 1.54) is 17.4 Å². The zero-order chi connectivity index (χ0) is 16.3. The molecular weight excluding hydrogens is 323 g/mol. The van der Waals surface area contributed by atoms with Crippen molar-refractivity contribution in [2.45, 2.75) is 33.1 Å². The number of carbonyl (C=O) groups excluding carboxylic acids is 1. The Labute approximate surface area is 138 Å². The van der Waals surface area contributed by atoms with Crippen LogP contribution in [0.25, 0.3) is 0 Å². The molecule has 118 valence electrons. The van der Waals surface area contributed by atoms with Crippen molar-refractivity contribution in [3.05, 3.63) is 50.2 Å². The number of amides is 1. The van der Waals surface area contributed by atoms with Crippen molar-refractivity contribution in [2.75, 3.05) is 6.54 Å². The predicted molar refractivity (Wildman–Crippen MR) is 88.4 cm³/mol. The van der Waals surface area contributed by atoms with Crippen molar-refractivity contribution in [1.82, 2.24) is 10.3 Å². The van der Waals surface area contributed by atoms with E-state index in [9.17, 15) is 9.18 Å². The fraction of sp³-hybridized carbons (Fsp3) is 0.375. The standard InChI is InChI=1S/C16H18ClFN2OS/c1-9(2)16-20-10(3)14(22-16)15(21)19-8-7-11-12(17)5-4-6-13(11)18/h4-6,9H,7-8H2,1-3H3,(H,19,21). The molecule has 0 fully saturated rings. The fourth-order valence-corrected chi connectivity index (χ4v) is 3.27. The molecule has 0 unspecified atom stereocenters.